The van der Waals surface area contributed by atoms with Crippen LogP contribution in [0.3, 0.4) is 0 Å². The molecule has 8 heteroatoms. The zero-order valence-corrected chi connectivity index (χ0v) is 17.2. The van der Waals surface area contributed by atoms with Crippen LogP contribution in [0.15, 0.2) is 22.8 Å². The number of fused-ring (bicyclic) bond motifs is 1. The lowest BCUT2D eigenvalue weighted by Gasteiger charge is -2.56. The second-order valence-corrected chi connectivity index (χ2v) is 10.4. The first-order chi connectivity index (χ1) is 13.6. The smallest absolute Gasteiger partial charge is 0.316 e. The maximum atomic E-state index is 12.4. The van der Waals surface area contributed by atoms with Gasteiger partial charge < -0.3 is 10.1 Å². The van der Waals surface area contributed by atoms with Crippen LogP contribution in [0.1, 0.15) is 38.5 Å². The van der Waals surface area contributed by atoms with Gasteiger partial charge in [0.05, 0.1) is 5.75 Å². The fraction of sp³-hybridized carbons (Fsp3) is 0.600. The number of nitrogens with zero attached hydrogens (tertiary/aromatic N) is 2. The van der Waals surface area contributed by atoms with Gasteiger partial charge in [-0.05, 0) is 67.7 Å². The highest BCUT2D eigenvalue weighted by atomic mass is 32.2. The van der Waals surface area contributed by atoms with E-state index in [-0.39, 0.29) is 23.8 Å². The van der Waals surface area contributed by atoms with E-state index in [1.807, 2.05) is 11.4 Å². The van der Waals surface area contributed by atoms with E-state index >= 15 is 0 Å². The number of thioether (sulfide) groups is 1. The van der Waals surface area contributed by atoms with E-state index in [0.29, 0.717) is 0 Å². The summed E-state index contributed by atoms with van der Waals surface area (Å²) in [6.45, 7) is -0.196. The lowest BCUT2D eigenvalue weighted by Crippen LogP contribution is -2.60. The van der Waals surface area contributed by atoms with E-state index in [9.17, 15) is 9.59 Å². The maximum Gasteiger partial charge on any atom is 0.316 e. The van der Waals surface area contributed by atoms with Crippen LogP contribution >= 0.6 is 23.1 Å². The Morgan fingerprint density at radius 2 is 1.89 bits per heavy atom. The molecule has 4 aliphatic rings. The molecule has 2 aromatic heterocycles. The first-order valence-electron chi connectivity index (χ1n) is 9.86. The standard InChI is InChI=1S/C20H23N3O3S2/c24-16(23-20-6-12-3-13(7-20)5-14(4-12)8-20)9-26-17(25)10-28-19-15-1-2-27-18(15)21-11-22-19/h1-2,11-14H,3-10H2,(H,23,24). The molecular formula is C20H23N3O3S2. The third-order valence-corrected chi connectivity index (χ3v) is 8.16. The third kappa shape index (κ3) is 3.64. The minimum absolute atomic E-state index is 0.0431. The summed E-state index contributed by atoms with van der Waals surface area (Å²) in [6, 6.07) is 1.95. The predicted octanol–water partition coefficient (Wildman–Crippen LogP) is 3.41. The van der Waals surface area contributed by atoms with Crippen molar-refractivity contribution in [1.29, 1.82) is 0 Å². The molecule has 2 heterocycles. The summed E-state index contributed by atoms with van der Waals surface area (Å²) in [5.74, 6) is 1.88. The Hall–Kier alpha value is -1.67. The summed E-state index contributed by atoms with van der Waals surface area (Å²) in [4.78, 5) is 33.9. The number of nitrogens with one attached hydrogen (secondary N) is 1. The first kappa shape index (κ1) is 18.4. The number of carbonyl (C=O) groups is 2. The molecule has 0 spiro atoms. The zero-order chi connectivity index (χ0) is 19.1. The number of aromatic nitrogens is 2. The molecule has 0 radical (unpaired) electrons. The van der Waals surface area contributed by atoms with Crippen LogP contribution in [-0.2, 0) is 14.3 Å². The van der Waals surface area contributed by atoms with Crippen LogP contribution in [0.4, 0.5) is 0 Å². The van der Waals surface area contributed by atoms with Crippen LogP contribution in [0.5, 0.6) is 0 Å². The van der Waals surface area contributed by atoms with Crippen molar-refractivity contribution in [2.75, 3.05) is 12.4 Å². The Labute approximate surface area is 171 Å². The molecule has 4 saturated carbocycles. The van der Waals surface area contributed by atoms with Gasteiger partial charge in [0.15, 0.2) is 6.61 Å². The quantitative estimate of drug-likeness (QED) is 0.441. The van der Waals surface area contributed by atoms with Crippen molar-refractivity contribution >= 4 is 45.2 Å². The Morgan fingerprint density at radius 1 is 1.18 bits per heavy atom. The number of ether oxygens (including phenoxy) is 1. The number of thiophene rings is 1. The average molecular weight is 418 g/mol. The second-order valence-electron chi connectivity index (χ2n) is 8.51. The molecule has 0 unspecified atom stereocenters. The second kappa shape index (κ2) is 7.30. The van der Waals surface area contributed by atoms with Crippen LogP contribution in [-0.4, -0.2) is 39.7 Å². The van der Waals surface area contributed by atoms with Crippen molar-refractivity contribution in [2.24, 2.45) is 17.8 Å². The zero-order valence-electron chi connectivity index (χ0n) is 15.6. The highest BCUT2D eigenvalue weighted by Gasteiger charge is 2.51. The Bertz CT molecular complexity index is 878. The highest BCUT2D eigenvalue weighted by molar-refractivity contribution is 8.00. The molecule has 0 atom stereocenters. The summed E-state index contributed by atoms with van der Waals surface area (Å²) in [5, 5.41) is 6.90. The Kier molecular flexibility index (Phi) is 4.79. The van der Waals surface area contributed by atoms with Crippen LogP contribution < -0.4 is 5.32 Å². The summed E-state index contributed by atoms with van der Waals surface area (Å²) in [5.41, 5.74) is -0.0431. The van der Waals surface area contributed by atoms with Gasteiger partial charge in [-0.3, -0.25) is 9.59 Å². The van der Waals surface area contributed by atoms with Gasteiger partial charge in [-0.2, -0.15) is 0 Å². The number of rotatable bonds is 6. The molecule has 2 aromatic rings. The van der Waals surface area contributed by atoms with Gasteiger partial charge in [-0.25, -0.2) is 9.97 Å². The molecule has 0 aromatic carbocycles. The van der Waals surface area contributed by atoms with E-state index in [2.05, 4.69) is 15.3 Å². The SMILES string of the molecule is O=C(COC(=O)CSc1ncnc2sccc12)NC12CC3CC(CC(C3)C1)C2. The van der Waals surface area contributed by atoms with Crippen molar-refractivity contribution in [2.45, 2.75) is 49.1 Å². The van der Waals surface area contributed by atoms with Crippen LogP contribution in [0.25, 0.3) is 10.2 Å². The lowest BCUT2D eigenvalue weighted by molar-refractivity contribution is -0.147. The third-order valence-electron chi connectivity index (χ3n) is 6.36. The fourth-order valence-corrected chi connectivity index (χ4v) is 7.37. The molecule has 4 bridgehead atoms. The normalized spacial score (nSPS) is 30.5. The number of amides is 1. The van der Waals surface area contributed by atoms with E-state index in [1.165, 1.54) is 37.4 Å². The minimum Gasteiger partial charge on any atom is -0.455 e. The van der Waals surface area contributed by atoms with E-state index in [1.54, 1.807) is 11.3 Å². The van der Waals surface area contributed by atoms with E-state index in [4.69, 9.17) is 4.74 Å². The highest BCUT2D eigenvalue weighted by Crippen LogP contribution is 2.55. The average Bonchev–Trinajstić information content (AvgIpc) is 3.12. The van der Waals surface area contributed by atoms with Gasteiger partial charge in [-0.1, -0.05) is 11.8 Å². The molecule has 1 amide bonds. The molecule has 0 aliphatic heterocycles. The van der Waals surface area contributed by atoms with Crippen molar-refractivity contribution in [1.82, 2.24) is 15.3 Å². The number of hydrogen-bond donors (Lipinski definition) is 1. The lowest BCUT2D eigenvalue weighted by atomic mass is 9.53. The maximum absolute atomic E-state index is 12.4. The molecular weight excluding hydrogens is 394 g/mol. The van der Waals surface area contributed by atoms with Gasteiger partial charge >= 0.3 is 5.97 Å². The predicted molar refractivity (Wildman–Crippen MR) is 108 cm³/mol. The molecule has 6 rings (SSSR count). The summed E-state index contributed by atoms with van der Waals surface area (Å²) < 4.78 is 5.22. The summed E-state index contributed by atoms with van der Waals surface area (Å²) in [6.07, 6.45) is 8.80. The minimum atomic E-state index is -0.396. The summed E-state index contributed by atoms with van der Waals surface area (Å²) in [7, 11) is 0. The molecule has 28 heavy (non-hydrogen) atoms. The van der Waals surface area contributed by atoms with Crippen molar-refractivity contribution in [3.63, 3.8) is 0 Å². The Morgan fingerprint density at radius 3 is 2.61 bits per heavy atom. The van der Waals surface area contributed by atoms with Gasteiger partial charge in [0.25, 0.3) is 5.91 Å². The number of hydrogen-bond acceptors (Lipinski definition) is 7. The van der Waals surface area contributed by atoms with Crippen molar-refractivity contribution < 1.29 is 14.3 Å². The molecule has 0 saturated heterocycles. The number of carbonyl (C=O) groups excluding carboxylic acids is 2. The van der Waals surface area contributed by atoms with Gasteiger partial charge in [0.1, 0.15) is 16.2 Å². The molecule has 148 valence electrons. The molecule has 1 N–H and O–H groups in total. The van der Waals surface area contributed by atoms with Crippen molar-refractivity contribution in [3.05, 3.63) is 17.8 Å². The largest absolute Gasteiger partial charge is 0.455 e. The molecule has 4 fully saturated rings. The van der Waals surface area contributed by atoms with Crippen LogP contribution in [0, 0.1) is 17.8 Å². The molecule has 4 aliphatic carbocycles. The number of esters is 1. The summed E-state index contributed by atoms with van der Waals surface area (Å²) >= 11 is 2.86. The first-order valence-corrected chi connectivity index (χ1v) is 11.7. The van der Waals surface area contributed by atoms with Gasteiger partial charge in [0.2, 0.25) is 0 Å². The molecule has 6 nitrogen and oxygen atoms in total. The van der Waals surface area contributed by atoms with E-state index < -0.39 is 5.97 Å². The fourth-order valence-electron chi connectivity index (χ4n) is 5.79. The monoisotopic (exact) mass is 417 g/mol. The van der Waals surface area contributed by atoms with Gasteiger partial charge in [0, 0.05) is 10.9 Å². The van der Waals surface area contributed by atoms with Crippen molar-refractivity contribution in [3.8, 4) is 0 Å². The van der Waals surface area contributed by atoms with Gasteiger partial charge in [-0.15, -0.1) is 11.3 Å². The Balaban J connectivity index is 1.11. The topological polar surface area (TPSA) is 81.2 Å². The van der Waals surface area contributed by atoms with Crippen LogP contribution in [0.2, 0.25) is 0 Å². The van der Waals surface area contributed by atoms with E-state index in [0.717, 1.165) is 52.3 Å².